The minimum Gasteiger partial charge on any atom is -0.468 e. The van der Waals surface area contributed by atoms with E-state index >= 15 is 0 Å². The van der Waals surface area contributed by atoms with E-state index in [1.54, 1.807) is 0 Å². The fourth-order valence-electron chi connectivity index (χ4n) is 1.96. The van der Waals surface area contributed by atoms with E-state index in [9.17, 15) is 9.59 Å². The molecular formula is C10H16N2O3S. The van der Waals surface area contributed by atoms with E-state index in [-0.39, 0.29) is 16.8 Å². The maximum atomic E-state index is 11.5. The van der Waals surface area contributed by atoms with Gasteiger partial charge >= 0.3 is 5.97 Å². The Morgan fingerprint density at radius 1 is 1.69 bits per heavy atom. The molecule has 1 rings (SSSR count). The Morgan fingerprint density at radius 2 is 2.38 bits per heavy atom. The molecule has 1 saturated carbocycles. The van der Waals surface area contributed by atoms with Crippen molar-refractivity contribution in [1.82, 2.24) is 5.32 Å². The quantitative estimate of drug-likeness (QED) is 0.411. The van der Waals surface area contributed by atoms with Crippen LogP contribution < -0.4 is 11.1 Å². The molecular weight excluding hydrogens is 228 g/mol. The second-order valence-corrected chi connectivity index (χ2v) is 4.37. The number of carbonyl (C=O) groups excluding carboxylic acids is 2. The number of thiocarbonyl (C=S) groups is 1. The van der Waals surface area contributed by atoms with Gasteiger partial charge in [-0.2, -0.15) is 0 Å². The summed E-state index contributed by atoms with van der Waals surface area (Å²) in [5, 5.41) is 3.09. The zero-order valence-corrected chi connectivity index (χ0v) is 10.0. The van der Waals surface area contributed by atoms with Gasteiger partial charge in [0.1, 0.15) is 11.7 Å². The summed E-state index contributed by atoms with van der Waals surface area (Å²) in [6.45, 7) is 0.640. The van der Waals surface area contributed by atoms with Gasteiger partial charge in [-0.05, 0) is 31.0 Å². The van der Waals surface area contributed by atoms with Gasteiger partial charge in [0.25, 0.3) is 0 Å². The van der Waals surface area contributed by atoms with Crippen LogP contribution in [0.1, 0.15) is 19.3 Å². The summed E-state index contributed by atoms with van der Waals surface area (Å²) in [6, 6.07) is 0. The lowest BCUT2D eigenvalue weighted by molar-refractivity contribution is -0.148. The number of esters is 1. The molecule has 0 heterocycles. The highest BCUT2D eigenvalue weighted by atomic mass is 32.1. The summed E-state index contributed by atoms with van der Waals surface area (Å²) in [5.74, 6) is -0.791. The number of Topliss-reactive ketones (excluding diaryl/α,β-unsaturated/α-hetero) is 1. The van der Waals surface area contributed by atoms with Crippen LogP contribution in [0.4, 0.5) is 0 Å². The average molecular weight is 244 g/mol. The number of hydrogen-bond donors (Lipinski definition) is 2. The van der Waals surface area contributed by atoms with Crippen LogP contribution in [0.15, 0.2) is 0 Å². The number of rotatable bonds is 4. The molecule has 1 aliphatic rings. The Hall–Kier alpha value is -1.17. The molecule has 1 fully saturated rings. The largest absolute Gasteiger partial charge is 0.468 e. The van der Waals surface area contributed by atoms with Crippen molar-refractivity contribution in [3.63, 3.8) is 0 Å². The van der Waals surface area contributed by atoms with Gasteiger partial charge in [0, 0.05) is 13.0 Å². The second kappa shape index (κ2) is 5.79. The van der Waals surface area contributed by atoms with Crippen LogP contribution >= 0.6 is 12.2 Å². The van der Waals surface area contributed by atoms with Gasteiger partial charge in [-0.25, -0.2) is 0 Å². The van der Waals surface area contributed by atoms with Gasteiger partial charge in [0.2, 0.25) is 0 Å². The molecule has 0 aromatic rings. The Morgan fingerprint density at radius 3 is 2.94 bits per heavy atom. The lowest BCUT2D eigenvalue weighted by Crippen LogP contribution is -2.30. The predicted molar refractivity (Wildman–Crippen MR) is 62.6 cm³/mol. The number of nitrogens with two attached hydrogens (primary N) is 1. The number of hydrogen-bond acceptors (Lipinski definition) is 4. The Balaban J connectivity index is 2.35. The third-order valence-corrected chi connectivity index (χ3v) is 2.93. The molecule has 0 spiro atoms. The number of carbonyl (C=O) groups is 2. The summed E-state index contributed by atoms with van der Waals surface area (Å²) in [7, 11) is 1.30. The highest BCUT2D eigenvalue weighted by Crippen LogP contribution is 2.30. The Bertz CT molecular complexity index is 306. The average Bonchev–Trinajstić information content (AvgIpc) is 2.58. The van der Waals surface area contributed by atoms with Crippen LogP contribution in [-0.2, 0) is 14.3 Å². The van der Waals surface area contributed by atoms with Crippen LogP contribution in [-0.4, -0.2) is 30.5 Å². The van der Waals surface area contributed by atoms with Gasteiger partial charge < -0.3 is 15.8 Å². The van der Waals surface area contributed by atoms with E-state index in [1.807, 2.05) is 0 Å². The molecule has 6 heteroatoms. The monoisotopic (exact) mass is 244 g/mol. The molecule has 0 amide bonds. The van der Waals surface area contributed by atoms with Crippen molar-refractivity contribution < 1.29 is 14.3 Å². The minimum absolute atomic E-state index is 0.0211. The molecule has 0 bridgehead atoms. The highest BCUT2D eigenvalue weighted by Gasteiger charge is 2.37. The van der Waals surface area contributed by atoms with Crippen molar-refractivity contribution in [1.29, 1.82) is 0 Å². The molecule has 2 atom stereocenters. The van der Waals surface area contributed by atoms with E-state index in [0.717, 1.165) is 6.42 Å². The first-order valence-electron chi connectivity index (χ1n) is 5.18. The maximum absolute atomic E-state index is 11.5. The first-order valence-corrected chi connectivity index (χ1v) is 5.59. The fraction of sp³-hybridized carbons (Fsp3) is 0.700. The van der Waals surface area contributed by atoms with Crippen molar-refractivity contribution >= 4 is 29.1 Å². The molecule has 3 N–H and O–H groups in total. The van der Waals surface area contributed by atoms with E-state index in [2.05, 4.69) is 22.3 Å². The first kappa shape index (κ1) is 12.9. The fourth-order valence-corrected chi connectivity index (χ4v) is 2.07. The Kier molecular flexibility index (Phi) is 4.67. The zero-order valence-electron chi connectivity index (χ0n) is 9.19. The van der Waals surface area contributed by atoms with Crippen molar-refractivity contribution in [3.05, 3.63) is 0 Å². The third-order valence-electron chi connectivity index (χ3n) is 2.79. The topological polar surface area (TPSA) is 81.4 Å². The number of ketones is 1. The summed E-state index contributed by atoms with van der Waals surface area (Å²) in [6.07, 6.45) is 1.81. The zero-order chi connectivity index (χ0) is 12.1. The minimum atomic E-state index is -0.570. The van der Waals surface area contributed by atoms with Crippen LogP contribution in [0, 0.1) is 11.8 Å². The molecule has 1 aliphatic carbocycles. The van der Waals surface area contributed by atoms with Crippen molar-refractivity contribution in [2.75, 3.05) is 13.7 Å². The van der Waals surface area contributed by atoms with Gasteiger partial charge in [0.05, 0.1) is 7.11 Å². The van der Waals surface area contributed by atoms with Gasteiger partial charge in [-0.1, -0.05) is 0 Å². The molecule has 16 heavy (non-hydrogen) atoms. The lowest BCUT2D eigenvalue weighted by atomic mass is 10.0. The normalized spacial score (nSPS) is 24.2. The van der Waals surface area contributed by atoms with Crippen LogP contribution in [0.2, 0.25) is 0 Å². The summed E-state index contributed by atoms with van der Waals surface area (Å²) in [4.78, 5) is 22.8. The van der Waals surface area contributed by atoms with Crippen molar-refractivity contribution in [2.45, 2.75) is 19.3 Å². The molecule has 0 aliphatic heterocycles. The smallest absolute Gasteiger partial charge is 0.316 e. The lowest BCUT2D eigenvalue weighted by Gasteiger charge is -2.09. The SMILES string of the molecule is COC(=O)C1CC(CCNC(N)=S)CC1=O. The van der Waals surface area contributed by atoms with E-state index in [1.165, 1.54) is 7.11 Å². The molecule has 0 radical (unpaired) electrons. The molecule has 0 aromatic carbocycles. The third kappa shape index (κ3) is 3.44. The summed E-state index contributed by atoms with van der Waals surface area (Å²) < 4.78 is 4.58. The number of ether oxygens (including phenoxy) is 1. The van der Waals surface area contributed by atoms with E-state index in [0.29, 0.717) is 19.4 Å². The molecule has 0 saturated heterocycles. The second-order valence-electron chi connectivity index (χ2n) is 3.93. The number of nitrogens with one attached hydrogen (secondary N) is 1. The van der Waals surface area contributed by atoms with Gasteiger partial charge in [-0.15, -0.1) is 0 Å². The van der Waals surface area contributed by atoms with Crippen LogP contribution in [0.25, 0.3) is 0 Å². The van der Waals surface area contributed by atoms with Crippen LogP contribution in [0.3, 0.4) is 0 Å². The standard InChI is InChI=1S/C10H16N2O3S/c1-15-9(14)7-4-6(5-8(7)13)2-3-12-10(11)16/h6-7H,2-5H2,1H3,(H3,11,12,16). The van der Waals surface area contributed by atoms with Crippen molar-refractivity contribution in [2.24, 2.45) is 17.6 Å². The summed E-state index contributed by atoms with van der Waals surface area (Å²) in [5.41, 5.74) is 5.28. The molecule has 0 aromatic heterocycles. The Labute approximate surface area is 99.7 Å². The molecule has 90 valence electrons. The predicted octanol–water partition coefficient (Wildman–Crippen LogP) is -0.0220. The maximum Gasteiger partial charge on any atom is 0.316 e. The number of methoxy groups -OCH3 is 1. The summed E-state index contributed by atoms with van der Waals surface area (Å²) >= 11 is 4.67. The van der Waals surface area contributed by atoms with Gasteiger partial charge in [-0.3, -0.25) is 9.59 Å². The molecule has 5 nitrogen and oxygen atoms in total. The van der Waals surface area contributed by atoms with E-state index < -0.39 is 11.9 Å². The highest BCUT2D eigenvalue weighted by molar-refractivity contribution is 7.80. The van der Waals surface area contributed by atoms with Gasteiger partial charge in [0.15, 0.2) is 5.11 Å². The van der Waals surface area contributed by atoms with Crippen molar-refractivity contribution in [3.8, 4) is 0 Å². The molecule has 2 unspecified atom stereocenters. The van der Waals surface area contributed by atoms with E-state index in [4.69, 9.17) is 5.73 Å². The van der Waals surface area contributed by atoms with Crippen LogP contribution in [0.5, 0.6) is 0 Å². The first-order chi connectivity index (χ1) is 7.54.